The summed E-state index contributed by atoms with van der Waals surface area (Å²) in [6, 6.07) is 20.6. The maximum absolute atomic E-state index is 13.4. The molecule has 0 atom stereocenters. The molecule has 0 unspecified atom stereocenters. The fraction of sp³-hybridized carbons (Fsp3) is 0.160. The Hall–Kier alpha value is -3.09. The minimum atomic E-state index is -0.148. The first-order valence-electron chi connectivity index (χ1n) is 10.1. The summed E-state index contributed by atoms with van der Waals surface area (Å²) in [6.45, 7) is 4.39. The minimum absolute atomic E-state index is 0.140. The van der Waals surface area contributed by atoms with Crippen LogP contribution in [0.4, 0.5) is 0 Å². The van der Waals surface area contributed by atoms with Gasteiger partial charge in [0.05, 0.1) is 22.3 Å². The Morgan fingerprint density at radius 1 is 1.03 bits per heavy atom. The minimum Gasteiger partial charge on any atom is -0.351 e. The molecule has 0 aliphatic rings. The maximum atomic E-state index is 13.4. The number of para-hydroxylation sites is 1. The number of rotatable bonds is 6. The van der Waals surface area contributed by atoms with E-state index < -0.39 is 0 Å². The smallest absolute Gasteiger partial charge is 0.266 e. The quantitative estimate of drug-likeness (QED) is 0.320. The Balaban J connectivity index is 1.61. The van der Waals surface area contributed by atoms with Gasteiger partial charge in [-0.2, -0.15) is 0 Å². The Labute approximate surface area is 195 Å². The third-order valence-corrected chi connectivity index (χ3v) is 6.14. The van der Waals surface area contributed by atoms with E-state index in [1.165, 1.54) is 11.8 Å². The van der Waals surface area contributed by atoms with Gasteiger partial charge in [-0.3, -0.25) is 14.2 Å². The van der Waals surface area contributed by atoms with Crippen LogP contribution in [0.1, 0.15) is 16.7 Å². The predicted molar refractivity (Wildman–Crippen MR) is 131 cm³/mol. The number of nitrogens with zero attached hydrogens (tertiary/aromatic N) is 2. The van der Waals surface area contributed by atoms with Crippen molar-refractivity contribution in [1.29, 1.82) is 0 Å². The van der Waals surface area contributed by atoms with Crippen LogP contribution in [0.3, 0.4) is 0 Å². The van der Waals surface area contributed by atoms with Crippen LogP contribution in [0.5, 0.6) is 0 Å². The molecule has 0 spiro atoms. The van der Waals surface area contributed by atoms with Gasteiger partial charge in [0.25, 0.3) is 5.56 Å². The average molecular weight is 464 g/mol. The number of halogens is 1. The summed E-state index contributed by atoms with van der Waals surface area (Å²) in [7, 11) is 0. The van der Waals surface area contributed by atoms with E-state index in [9.17, 15) is 9.59 Å². The van der Waals surface area contributed by atoms with Crippen LogP contribution in [0.15, 0.2) is 76.7 Å². The predicted octanol–water partition coefficient (Wildman–Crippen LogP) is 5.06. The molecule has 4 rings (SSSR count). The first-order chi connectivity index (χ1) is 15.4. The van der Waals surface area contributed by atoms with Crippen molar-refractivity contribution in [3.05, 3.63) is 98.8 Å². The van der Waals surface area contributed by atoms with Crippen LogP contribution in [0.2, 0.25) is 5.02 Å². The molecule has 1 aromatic heterocycles. The Kier molecular flexibility index (Phi) is 6.63. The molecule has 0 aliphatic carbocycles. The number of carbonyl (C=O) groups excluding carboxylic acids is 1. The van der Waals surface area contributed by atoms with Crippen LogP contribution in [-0.4, -0.2) is 21.2 Å². The number of thioether (sulfide) groups is 1. The molecule has 162 valence electrons. The molecule has 1 amide bonds. The largest absolute Gasteiger partial charge is 0.351 e. The van der Waals surface area contributed by atoms with E-state index in [1.54, 1.807) is 22.8 Å². The highest BCUT2D eigenvalue weighted by Crippen LogP contribution is 2.22. The zero-order valence-corrected chi connectivity index (χ0v) is 19.3. The molecule has 1 heterocycles. The topological polar surface area (TPSA) is 64.0 Å². The molecular formula is C25H22ClN3O2S. The zero-order chi connectivity index (χ0) is 22.7. The lowest BCUT2D eigenvalue weighted by atomic mass is 10.1. The number of aromatic nitrogens is 2. The van der Waals surface area contributed by atoms with Gasteiger partial charge in [0.2, 0.25) is 5.91 Å². The van der Waals surface area contributed by atoms with Gasteiger partial charge in [0.15, 0.2) is 5.16 Å². The van der Waals surface area contributed by atoms with Crippen molar-refractivity contribution in [2.24, 2.45) is 0 Å². The summed E-state index contributed by atoms with van der Waals surface area (Å²) >= 11 is 7.15. The lowest BCUT2D eigenvalue weighted by Gasteiger charge is -2.14. The highest BCUT2D eigenvalue weighted by molar-refractivity contribution is 7.99. The molecule has 5 nitrogen and oxygen atoms in total. The van der Waals surface area contributed by atoms with Gasteiger partial charge in [0, 0.05) is 11.6 Å². The first kappa shape index (κ1) is 22.1. The van der Waals surface area contributed by atoms with E-state index in [0.717, 1.165) is 22.4 Å². The monoisotopic (exact) mass is 463 g/mol. The van der Waals surface area contributed by atoms with E-state index in [4.69, 9.17) is 16.6 Å². The molecule has 4 aromatic rings. The molecule has 0 saturated carbocycles. The molecule has 7 heteroatoms. The van der Waals surface area contributed by atoms with Gasteiger partial charge in [-0.25, -0.2) is 4.98 Å². The Bertz CT molecular complexity index is 1330. The molecule has 0 aliphatic heterocycles. The molecule has 0 radical (unpaired) electrons. The van der Waals surface area contributed by atoms with Crippen molar-refractivity contribution in [3.63, 3.8) is 0 Å². The molecule has 0 fully saturated rings. The van der Waals surface area contributed by atoms with Crippen LogP contribution in [-0.2, 0) is 11.3 Å². The number of carbonyl (C=O) groups is 1. The number of nitrogens with one attached hydrogen (secondary N) is 1. The normalized spacial score (nSPS) is 11.0. The van der Waals surface area contributed by atoms with Gasteiger partial charge >= 0.3 is 0 Å². The average Bonchev–Trinajstić information content (AvgIpc) is 2.76. The highest BCUT2D eigenvalue weighted by Gasteiger charge is 2.15. The summed E-state index contributed by atoms with van der Waals surface area (Å²) in [5.41, 5.74) is 4.28. The number of amides is 1. The maximum Gasteiger partial charge on any atom is 0.266 e. The number of fused-ring (bicyclic) bond motifs is 1. The van der Waals surface area contributed by atoms with Gasteiger partial charge in [0.1, 0.15) is 0 Å². The lowest BCUT2D eigenvalue weighted by molar-refractivity contribution is -0.118. The fourth-order valence-electron chi connectivity index (χ4n) is 3.50. The molecule has 3 aromatic carbocycles. The number of hydrogen-bond donors (Lipinski definition) is 1. The van der Waals surface area contributed by atoms with Gasteiger partial charge in [-0.15, -0.1) is 0 Å². The Morgan fingerprint density at radius 3 is 2.44 bits per heavy atom. The molecule has 0 bridgehead atoms. The number of benzene rings is 3. The summed E-state index contributed by atoms with van der Waals surface area (Å²) in [5, 5.41) is 4.59. The highest BCUT2D eigenvalue weighted by atomic mass is 35.5. The van der Waals surface area contributed by atoms with E-state index in [2.05, 4.69) is 11.4 Å². The second-order valence-corrected chi connectivity index (χ2v) is 8.97. The number of aryl methyl sites for hydroxylation is 2. The lowest BCUT2D eigenvalue weighted by Crippen LogP contribution is -2.26. The molecule has 1 N–H and O–H groups in total. The van der Waals surface area contributed by atoms with Crippen molar-refractivity contribution < 1.29 is 4.79 Å². The van der Waals surface area contributed by atoms with Crippen LogP contribution in [0, 0.1) is 13.8 Å². The first-order valence-corrected chi connectivity index (χ1v) is 11.5. The summed E-state index contributed by atoms with van der Waals surface area (Å²) < 4.78 is 1.60. The Morgan fingerprint density at radius 2 is 1.72 bits per heavy atom. The van der Waals surface area contributed by atoms with Crippen LogP contribution in [0.25, 0.3) is 16.6 Å². The van der Waals surface area contributed by atoms with E-state index in [0.29, 0.717) is 27.6 Å². The van der Waals surface area contributed by atoms with E-state index >= 15 is 0 Å². The van der Waals surface area contributed by atoms with E-state index in [-0.39, 0.29) is 17.2 Å². The third kappa shape index (κ3) is 5.03. The summed E-state index contributed by atoms with van der Waals surface area (Å²) in [5.74, 6) is 0.00252. The van der Waals surface area contributed by atoms with Gasteiger partial charge in [-0.05, 0) is 66.9 Å². The van der Waals surface area contributed by atoms with Crippen molar-refractivity contribution in [1.82, 2.24) is 14.9 Å². The second-order valence-electron chi connectivity index (χ2n) is 7.59. The summed E-state index contributed by atoms with van der Waals surface area (Å²) in [6.07, 6.45) is 0. The van der Waals surface area contributed by atoms with E-state index in [1.807, 2.05) is 56.3 Å². The van der Waals surface area contributed by atoms with Gasteiger partial charge < -0.3 is 5.32 Å². The van der Waals surface area contributed by atoms with Crippen molar-refractivity contribution in [3.8, 4) is 5.69 Å². The standard InChI is InChI=1S/C25H22ClN3O2S/c1-16-11-17(2)13-20(12-16)29-24(31)21-5-3-4-6-22(21)28-25(29)32-15-23(30)27-14-18-7-9-19(26)10-8-18/h3-13H,14-15H2,1-2H3,(H,27,30). The van der Waals surface area contributed by atoms with Crippen molar-refractivity contribution >= 4 is 40.2 Å². The third-order valence-electron chi connectivity index (χ3n) is 4.94. The molecule has 0 saturated heterocycles. The van der Waals surface area contributed by atoms with Crippen LogP contribution >= 0.6 is 23.4 Å². The molecule has 32 heavy (non-hydrogen) atoms. The zero-order valence-electron chi connectivity index (χ0n) is 17.8. The van der Waals surface area contributed by atoms with Crippen LogP contribution < -0.4 is 10.9 Å². The molecular weight excluding hydrogens is 442 g/mol. The van der Waals surface area contributed by atoms with Gasteiger partial charge in [-0.1, -0.05) is 53.7 Å². The van der Waals surface area contributed by atoms with Crippen molar-refractivity contribution in [2.45, 2.75) is 25.5 Å². The number of hydrogen-bond acceptors (Lipinski definition) is 4. The summed E-state index contributed by atoms with van der Waals surface area (Å²) in [4.78, 5) is 30.5. The fourth-order valence-corrected chi connectivity index (χ4v) is 4.47. The van der Waals surface area contributed by atoms with Crippen molar-refractivity contribution in [2.75, 3.05) is 5.75 Å². The second kappa shape index (κ2) is 9.59. The SMILES string of the molecule is Cc1cc(C)cc(-n2c(SCC(=O)NCc3ccc(Cl)cc3)nc3ccccc3c2=O)c1.